The molecule has 2 fully saturated rings. The van der Waals surface area contributed by atoms with Crippen LogP contribution < -0.4 is 16.0 Å². The van der Waals surface area contributed by atoms with E-state index in [1.54, 1.807) is 24.5 Å². The number of phenolic OH excluding ortho intramolecular Hbond substituents is 1. The number of ketones is 1. The van der Waals surface area contributed by atoms with Gasteiger partial charge in [-0.3, -0.25) is 9.78 Å². The van der Waals surface area contributed by atoms with Crippen molar-refractivity contribution >= 4 is 70.4 Å². The molecule has 1 aromatic carbocycles. The number of hydrogen-bond donors (Lipinski definition) is 3. The topological polar surface area (TPSA) is 117 Å². The normalized spacial score (nSPS) is 16.9. The summed E-state index contributed by atoms with van der Waals surface area (Å²) >= 11 is 6.02. The Kier molecular flexibility index (Phi) is 9.54. The Morgan fingerprint density at radius 3 is 2.54 bits per heavy atom. The van der Waals surface area contributed by atoms with E-state index in [4.69, 9.17) is 22.3 Å². The van der Waals surface area contributed by atoms with Gasteiger partial charge in [0, 0.05) is 36.8 Å². The van der Waals surface area contributed by atoms with Gasteiger partial charge in [-0.15, -0.1) is 24.8 Å². The number of nitrogens with zero attached hydrogens (tertiary/aromatic N) is 4. The minimum atomic E-state index is -0.842. The molecule has 8 nitrogen and oxygen atoms in total. The molecule has 1 aliphatic carbocycles. The average molecular weight is 620 g/mol. The van der Waals surface area contributed by atoms with Crippen LogP contribution >= 0.6 is 36.4 Å². The number of piperidine rings is 1. The number of carbonyl (C=O) groups excluding carboxylic acids is 1. The van der Waals surface area contributed by atoms with Crippen molar-refractivity contribution in [1.29, 1.82) is 0 Å². The van der Waals surface area contributed by atoms with Gasteiger partial charge in [-0.25, -0.2) is 14.4 Å². The summed E-state index contributed by atoms with van der Waals surface area (Å²) in [6, 6.07) is 10.1. The predicted molar refractivity (Wildman–Crippen MR) is 165 cm³/mol. The van der Waals surface area contributed by atoms with E-state index in [0.29, 0.717) is 39.2 Å². The number of benzene rings is 1. The number of carbonyl (C=O) groups is 1. The molecule has 4 aromatic rings. The summed E-state index contributed by atoms with van der Waals surface area (Å²) in [5, 5.41) is 13.0. The van der Waals surface area contributed by atoms with E-state index in [9.17, 15) is 14.3 Å². The van der Waals surface area contributed by atoms with Crippen LogP contribution in [0.5, 0.6) is 5.75 Å². The van der Waals surface area contributed by atoms with Crippen LogP contribution in [0.25, 0.3) is 22.3 Å². The molecule has 1 aliphatic heterocycles. The molecular formula is C29H30Cl3FN6O2. The van der Waals surface area contributed by atoms with Crippen LogP contribution in [-0.4, -0.2) is 45.0 Å². The van der Waals surface area contributed by atoms with Gasteiger partial charge in [-0.05, 0) is 62.1 Å². The predicted octanol–water partition coefficient (Wildman–Crippen LogP) is 6.69. The van der Waals surface area contributed by atoms with Crippen molar-refractivity contribution in [3.05, 3.63) is 65.2 Å². The van der Waals surface area contributed by atoms with Gasteiger partial charge in [0.15, 0.2) is 17.3 Å². The zero-order valence-electron chi connectivity index (χ0n) is 22.0. The average Bonchev–Trinajstić information content (AvgIpc) is 2.90. The molecule has 1 atom stereocenters. The number of nitrogens with two attached hydrogens (primary N) is 1. The van der Waals surface area contributed by atoms with E-state index in [2.05, 4.69) is 20.2 Å². The molecule has 1 saturated carbocycles. The maximum atomic E-state index is 14.3. The summed E-state index contributed by atoms with van der Waals surface area (Å²) in [6.07, 6.45) is 8.11. The van der Waals surface area contributed by atoms with Crippen molar-refractivity contribution in [3.63, 3.8) is 0 Å². The molecule has 4 N–H and O–H groups in total. The second-order valence-corrected chi connectivity index (χ2v) is 10.7. The van der Waals surface area contributed by atoms with Crippen LogP contribution in [0.15, 0.2) is 48.8 Å². The van der Waals surface area contributed by atoms with Gasteiger partial charge < -0.3 is 21.1 Å². The van der Waals surface area contributed by atoms with Gasteiger partial charge in [0.05, 0.1) is 39.4 Å². The first-order valence-corrected chi connectivity index (χ1v) is 13.5. The number of anilines is 3. The molecule has 216 valence electrons. The van der Waals surface area contributed by atoms with Crippen molar-refractivity contribution in [2.75, 3.05) is 23.3 Å². The number of phenols is 1. The minimum absolute atomic E-state index is 0. The summed E-state index contributed by atoms with van der Waals surface area (Å²) in [6.45, 7) is 1.68. The van der Waals surface area contributed by atoms with Gasteiger partial charge >= 0.3 is 0 Å². The highest BCUT2D eigenvalue weighted by Crippen LogP contribution is 2.37. The van der Waals surface area contributed by atoms with Crippen LogP contribution in [0, 0.1) is 11.7 Å². The van der Waals surface area contributed by atoms with Crippen molar-refractivity contribution in [2.24, 2.45) is 11.7 Å². The summed E-state index contributed by atoms with van der Waals surface area (Å²) < 4.78 is 14.3. The molecule has 0 spiro atoms. The number of halogens is 4. The fourth-order valence-electron chi connectivity index (χ4n) is 5.15. The number of fused-ring (bicyclic) bond motifs is 1. The van der Waals surface area contributed by atoms with E-state index in [1.807, 2.05) is 12.1 Å². The number of hydrogen-bond acceptors (Lipinski definition) is 8. The summed E-state index contributed by atoms with van der Waals surface area (Å²) in [7, 11) is 0. The Labute approximate surface area is 254 Å². The third-order valence-electron chi connectivity index (χ3n) is 7.57. The summed E-state index contributed by atoms with van der Waals surface area (Å²) in [5.41, 5.74) is 9.68. The maximum Gasteiger partial charge on any atom is 0.170 e. The first-order valence-electron chi connectivity index (χ1n) is 13.1. The van der Waals surface area contributed by atoms with Crippen molar-refractivity contribution in [3.8, 4) is 17.0 Å². The van der Waals surface area contributed by atoms with Crippen molar-refractivity contribution < 1.29 is 14.3 Å². The molecule has 3 aromatic heterocycles. The van der Waals surface area contributed by atoms with Crippen LogP contribution in [-0.2, 0) is 0 Å². The number of Topliss-reactive ketones (excluding diaryl/α,β-unsaturated/α-hetero) is 1. The molecule has 0 radical (unpaired) electrons. The van der Waals surface area contributed by atoms with E-state index in [-0.39, 0.29) is 47.6 Å². The lowest BCUT2D eigenvalue weighted by Crippen LogP contribution is -2.43. The molecule has 41 heavy (non-hydrogen) atoms. The number of nitrogens with one attached hydrogen (secondary N) is 1. The fourth-order valence-corrected chi connectivity index (χ4v) is 5.36. The number of pyridine rings is 3. The SMILES string of the molecule is Cl.Cl.N[C@H]1CCCN(c2ccc(Nc3c(C(=O)C4CCC4)cnc4ccc(-c5cc(F)c(O)c(Cl)c5)nc34)cn2)C1. The second-order valence-electron chi connectivity index (χ2n) is 10.3. The molecule has 1 saturated heterocycles. The molecule has 0 amide bonds. The molecule has 12 heteroatoms. The van der Waals surface area contributed by atoms with E-state index < -0.39 is 11.6 Å². The molecule has 4 heterocycles. The standard InChI is InChI=1S/C29H28ClFN6O2.2ClH/c30-21-11-17(12-22(31)29(21)39)23-7-8-24-27(36-23)26(20(14-33-24)28(38)16-3-1-4-16)35-19-6-9-25(34-13-19)37-10-2-5-18(32)15-37;;/h6-9,11-14,16,18,39H,1-5,10,15,32H2,(H,33,35);2*1H/t18-;;/m0../s1. The lowest BCUT2D eigenvalue weighted by Gasteiger charge is -2.31. The van der Waals surface area contributed by atoms with Crippen molar-refractivity contribution in [2.45, 2.75) is 38.1 Å². The van der Waals surface area contributed by atoms with Gasteiger partial charge in [0.25, 0.3) is 0 Å². The van der Waals surface area contributed by atoms with Gasteiger partial charge in [-0.1, -0.05) is 18.0 Å². The monoisotopic (exact) mass is 618 g/mol. The lowest BCUT2D eigenvalue weighted by atomic mass is 9.80. The molecule has 6 rings (SSSR count). The molecule has 2 aliphatic rings. The molecule has 0 unspecified atom stereocenters. The van der Waals surface area contributed by atoms with E-state index >= 15 is 0 Å². The third kappa shape index (κ3) is 6.18. The van der Waals surface area contributed by atoms with Gasteiger partial charge in [0.2, 0.25) is 0 Å². The first-order chi connectivity index (χ1) is 18.9. The quantitative estimate of drug-likeness (QED) is 0.205. The smallest absolute Gasteiger partial charge is 0.170 e. The lowest BCUT2D eigenvalue weighted by molar-refractivity contribution is 0.0856. The van der Waals surface area contributed by atoms with Crippen LogP contribution in [0.1, 0.15) is 42.5 Å². The zero-order chi connectivity index (χ0) is 27.1. The highest BCUT2D eigenvalue weighted by molar-refractivity contribution is 6.32. The minimum Gasteiger partial charge on any atom is -0.504 e. The van der Waals surface area contributed by atoms with Crippen LogP contribution in [0.2, 0.25) is 5.02 Å². The Morgan fingerprint density at radius 2 is 1.88 bits per heavy atom. The summed E-state index contributed by atoms with van der Waals surface area (Å²) in [4.78, 5) is 29.5. The highest BCUT2D eigenvalue weighted by atomic mass is 35.5. The third-order valence-corrected chi connectivity index (χ3v) is 7.85. The fraction of sp³-hybridized carbons (Fsp3) is 0.310. The van der Waals surface area contributed by atoms with Crippen molar-refractivity contribution in [1.82, 2.24) is 15.0 Å². The van der Waals surface area contributed by atoms with E-state index in [0.717, 1.165) is 51.0 Å². The van der Waals surface area contributed by atoms with Gasteiger partial charge in [-0.2, -0.15) is 0 Å². The maximum absolute atomic E-state index is 14.3. The van der Waals surface area contributed by atoms with Gasteiger partial charge in [0.1, 0.15) is 11.3 Å². The Balaban J connectivity index is 0.00000194. The first kappa shape index (κ1) is 30.7. The Morgan fingerprint density at radius 1 is 1.07 bits per heavy atom. The molecule has 0 bridgehead atoms. The zero-order valence-corrected chi connectivity index (χ0v) is 24.4. The largest absolute Gasteiger partial charge is 0.504 e. The summed E-state index contributed by atoms with van der Waals surface area (Å²) in [5.74, 6) is -0.614. The Hall–Kier alpha value is -3.24. The van der Waals surface area contributed by atoms with Crippen LogP contribution in [0.3, 0.4) is 0 Å². The van der Waals surface area contributed by atoms with Crippen LogP contribution in [0.4, 0.5) is 21.6 Å². The second kappa shape index (κ2) is 12.7. The Bertz CT molecular complexity index is 1550. The molecular weight excluding hydrogens is 590 g/mol. The number of rotatable bonds is 6. The number of aromatic hydroxyl groups is 1. The number of aromatic nitrogens is 3. The van der Waals surface area contributed by atoms with E-state index in [1.165, 1.54) is 12.1 Å². The highest BCUT2D eigenvalue weighted by Gasteiger charge is 2.29.